The van der Waals surface area contributed by atoms with Crippen molar-refractivity contribution in [2.24, 2.45) is 0 Å². The summed E-state index contributed by atoms with van der Waals surface area (Å²) in [5, 5.41) is 2.74. The Balaban J connectivity index is 2.24. The van der Waals surface area contributed by atoms with Gasteiger partial charge in [-0.3, -0.25) is 4.79 Å². The number of anilines is 1. The van der Waals surface area contributed by atoms with Crippen molar-refractivity contribution in [3.63, 3.8) is 0 Å². The van der Waals surface area contributed by atoms with Crippen LogP contribution in [0.1, 0.15) is 20.7 Å². The third-order valence-electron chi connectivity index (χ3n) is 3.20. The molecule has 0 atom stereocenters. The van der Waals surface area contributed by atoms with Crippen molar-refractivity contribution >= 4 is 17.6 Å². The Bertz CT molecular complexity index is 727. The molecule has 0 heterocycles. The average Bonchev–Trinajstić information content (AvgIpc) is 2.61. The second-order valence-electron chi connectivity index (χ2n) is 4.59. The minimum Gasteiger partial charge on any atom is -0.497 e. The molecule has 0 radical (unpaired) electrons. The van der Waals surface area contributed by atoms with E-state index in [0.29, 0.717) is 28.3 Å². The summed E-state index contributed by atoms with van der Waals surface area (Å²) in [6, 6.07) is 11.3. The van der Waals surface area contributed by atoms with Gasteiger partial charge in [0.2, 0.25) is 0 Å². The highest BCUT2D eigenvalue weighted by Gasteiger charge is 2.13. The van der Waals surface area contributed by atoms with E-state index < -0.39 is 5.97 Å². The maximum atomic E-state index is 12.3. The van der Waals surface area contributed by atoms with Gasteiger partial charge in [0.05, 0.1) is 32.6 Å². The lowest BCUT2D eigenvalue weighted by Gasteiger charge is -2.12. The zero-order valence-corrected chi connectivity index (χ0v) is 13.1. The molecule has 2 aromatic rings. The van der Waals surface area contributed by atoms with Gasteiger partial charge < -0.3 is 19.5 Å². The molecular weight excluding hydrogens is 298 g/mol. The van der Waals surface area contributed by atoms with Crippen LogP contribution in [-0.4, -0.2) is 33.2 Å². The number of amides is 1. The van der Waals surface area contributed by atoms with Crippen molar-refractivity contribution in [3.05, 3.63) is 53.6 Å². The Labute approximate surface area is 134 Å². The molecule has 0 spiro atoms. The van der Waals surface area contributed by atoms with Crippen LogP contribution in [0.4, 0.5) is 5.69 Å². The van der Waals surface area contributed by atoms with Gasteiger partial charge in [0.1, 0.15) is 11.5 Å². The second kappa shape index (κ2) is 7.31. The fraction of sp³-hybridized carbons (Fsp3) is 0.176. The smallest absolute Gasteiger partial charge is 0.337 e. The molecule has 0 aliphatic carbocycles. The lowest BCUT2D eigenvalue weighted by molar-refractivity contribution is 0.0600. The molecule has 0 aliphatic rings. The Kier molecular flexibility index (Phi) is 5.19. The third kappa shape index (κ3) is 3.79. The summed E-state index contributed by atoms with van der Waals surface area (Å²) in [5.74, 6) is 0.232. The van der Waals surface area contributed by atoms with Crippen LogP contribution in [0, 0.1) is 0 Å². The molecule has 0 aliphatic heterocycles. The molecule has 1 N–H and O–H groups in total. The second-order valence-corrected chi connectivity index (χ2v) is 4.59. The topological polar surface area (TPSA) is 73.9 Å². The number of rotatable bonds is 5. The van der Waals surface area contributed by atoms with Gasteiger partial charge in [-0.1, -0.05) is 6.07 Å². The highest BCUT2D eigenvalue weighted by molar-refractivity contribution is 6.06. The molecule has 0 fully saturated rings. The van der Waals surface area contributed by atoms with Gasteiger partial charge >= 0.3 is 5.97 Å². The van der Waals surface area contributed by atoms with Crippen LogP contribution in [0.2, 0.25) is 0 Å². The quantitative estimate of drug-likeness (QED) is 0.859. The van der Waals surface area contributed by atoms with Gasteiger partial charge in [-0.25, -0.2) is 4.79 Å². The monoisotopic (exact) mass is 315 g/mol. The number of carbonyl (C=O) groups excluding carboxylic acids is 2. The van der Waals surface area contributed by atoms with Gasteiger partial charge in [0.25, 0.3) is 5.91 Å². The predicted octanol–water partition coefficient (Wildman–Crippen LogP) is 2.74. The van der Waals surface area contributed by atoms with E-state index >= 15 is 0 Å². The first-order chi connectivity index (χ1) is 11.1. The molecule has 0 saturated carbocycles. The molecule has 0 saturated heterocycles. The largest absolute Gasteiger partial charge is 0.497 e. The predicted molar refractivity (Wildman–Crippen MR) is 85.3 cm³/mol. The van der Waals surface area contributed by atoms with Crippen LogP contribution < -0.4 is 14.8 Å². The molecule has 6 nitrogen and oxygen atoms in total. The van der Waals surface area contributed by atoms with E-state index in [0.717, 1.165) is 0 Å². The standard InChI is InChI=1S/C17H17NO5/c1-21-13-7-8-14(15(10-13)22-2)18-16(19)11-5-4-6-12(9-11)17(20)23-3/h4-10H,1-3H3,(H,18,19). The normalized spacial score (nSPS) is 9.87. The van der Waals surface area contributed by atoms with E-state index in [9.17, 15) is 9.59 Å². The number of ether oxygens (including phenoxy) is 3. The fourth-order valence-electron chi connectivity index (χ4n) is 2.00. The van der Waals surface area contributed by atoms with E-state index in [1.807, 2.05) is 0 Å². The molecule has 1 amide bonds. The third-order valence-corrected chi connectivity index (χ3v) is 3.20. The van der Waals surface area contributed by atoms with Crippen molar-refractivity contribution in [2.45, 2.75) is 0 Å². The SMILES string of the molecule is COC(=O)c1cccc(C(=O)Nc2ccc(OC)cc2OC)c1. The van der Waals surface area contributed by atoms with Gasteiger partial charge in [-0.2, -0.15) is 0 Å². The van der Waals surface area contributed by atoms with E-state index in [4.69, 9.17) is 9.47 Å². The Hall–Kier alpha value is -3.02. The Morgan fingerprint density at radius 2 is 1.65 bits per heavy atom. The summed E-state index contributed by atoms with van der Waals surface area (Å²) in [5.41, 5.74) is 1.15. The first-order valence-electron chi connectivity index (χ1n) is 6.80. The van der Waals surface area contributed by atoms with Crippen molar-refractivity contribution < 1.29 is 23.8 Å². The minimum atomic E-state index is -0.498. The molecule has 0 bridgehead atoms. The van der Waals surface area contributed by atoms with Crippen LogP contribution in [0.5, 0.6) is 11.5 Å². The van der Waals surface area contributed by atoms with Crippen molar-refractivity contribution in [1.82, 2.24) is 0 Å². The first-order valence-corrected chi connectivity index (χ1v) is 6.80. The first kappa shape index (κ1) is 16.4. The molecule has 0 unspecified atom stereocenters. The molecule has 6 heteroatoms. The number of methoxy groups -OCH3 is 3. The lowest BCUT2D eigenvalue weighted by atomic mass is 10.1. The Morgan fingerprint density at radius 1 is 0.913 bits per heavy atom. The Morgan fingerprint density at radius 3 is 2.30 bits per heavy atom. The summed E-state index contributed by atoms with van der Waals surface area (Å²) in [6.07, 6.45) is 0. The maximum absolute atomic E-state index is 12.3. The van der Waals surface area contributed by atoms with Gasteiger partial charge in [-0.15, -0.1) is 0 Å². The van der Waals surface area contributed by atoms with Crippen LogP contribution in [0.3, 0.4) is 0 Å². The van der Waals surface area contributed by atoms with Crippen molar-refractivity contribution in [1.29, 1.82) is 0 Å². The molecule has 2 aromatic carbocycles. The van der Waals surface area contributed by atoms with Crippen LogP contribution in [0.25, 0.3) is 0 Å². The molecule has 120 valence electrons. The van der Waals surface area contributed by atoms with E-state index in [2.05, 4.69) is 10.1 Å². The number of hydrogen-bond acceptors (Lipinski definition) is 5. The van der Waals surface area contributed by atoms with Gasteiger partial charge in [0.15, 0.2) is 0 Å². The number of nitrogens with one attached hydrogen (secondary N) is 1. The minimum absolute atomic E-state index is 0.307. The van der Waals surface area contributed by atoms with Crippen LogP contribution in [-0.2, 0) is 4.74 Å². The number of esters is 1. The molecule has 23 heavy (non-hydrogen) atoms. The zero-order chi connectivity index (χ0) is 16.8. The summed E-state index contributed by atoms with van der Waals surface area (Å²) in [4.78, 5) is 23.9. The summed E-state index contributed by atoms with van der Waals surface area (Å²) < 4.78 is 15.0. The number of hydrogen-bond donors (Lipinski definition) is 1. The van der Waals surface area contributed by atoms with E-state index in [1.165, 1.54) is 20.3 Å². The highest BCUT2D eigenvalue weighted by atomic mass is 16.5. The number of benzene rings is 2. The van der Waals surface area contributed by atoms with Crippen LogP contribution in [0.15, 0.2) is 42.5 Å². The molecule has 0 aromatic heterocycles. The lowest BCUT2D eigenvalue weighted by Crippen LogP contribution is -2.13. The summed E-state index contributed by atoms with van der Waals surface area (Å²) in [7, 11) is 4.34. The fourth-order valence-corrected chi connectivity index (χ4v) is 2.00. The van der Waals surface area contributed by atoms with Crippen molar-refractivity contribution in [2.75, 3.05) is 26.6 Å². The van der Waals surface area contributed by atoms with E-state index in [-0.39, 0.29) is 5.91 Å². The van der Waals surface area contributed by atoms with Gasteiger partial charge in [-0.05, 0) is 30.3 Å². The van der Waals surface area contributed by atoms with E-state index in [1.54, 1.807) is 43.5 Å². The van der Waals surface area contributed by atoms with Crippen molar-refractivity contribution in [3.8, 4) is 11.5 Å². The summed E-state index contributed by atoms with van der Waals surface area (Å²) >= 11 is 0. The van der Waals surface area contributed by atoms with Gasteiger partial charge in [0, 0.05) is 11.6 Å². The number of carbonyl (C=O) groups is 2. The zero-order valence-electron chi connectivity index (χ0n) is 13.1. The average molecular weight is 315 g/mol. The molecular formula is C17H17NO5. The van der Waals surface area contributed by atoms with Crippen LogP contribution >= 0.6 is 0 Å². The maximum Gasteiger partial charge on any atom is 0.337 e. The summed E-state index contributed by atoms with van der Waals surface area (Å²) in [6.45, 7) is 0. The highest BCUT2D eigenvalue weighted by Crippen LogP contribution is 2.29. The molecule has 2 rings (SSSR count).